The van der Waals surface area contributed by atoms with Crippen molar-refractivity contribution in [2.45, 2.75) is 26.2 Å². The highest BCUT2D eigenvalue weighted by Crippen LogP contribution is 2.30. The Kier molecular flexibility index (Phi) is 6.72. The highest BCUT2D eigenvalue weighted by molar-refractivity contribution is 6.36. The second-order valence-electron chi connectivity index (χ2n) is 8.45. The highest BCUT2D eigenvalue weighted by Gasteiger charge is 2.38. The Morgan fingerprint density at radius 3 is 2.34 bits per heavy atom. The summed E-state index contributed by atoms with van der Waals surface area (Å²) in [5.74, 6) is -0.682. The van der Waals surface area contributed by atoms with Crippen LogP contribution in [-0.2, 0) is 14.4 Å². The van der Waals surface area contributed by atoms with Gasteiger partial charge >= 0.3 is 0 Å². The molecule has 8 heteroatoms. The first-order valence-corrected chi connectivity index (χ1v) is 11.5. The average molecular weight is 474 g/mol. The van der Waals surface area contributed by atoms with Gasteiger partial charge < -0.3 is 15.1 Å². The summed E-state index contributed by atoms with van der Waals surface area (Å²) in [7, 11) is 0. The molecule has 0 saturated carbocycles. The van der Waals surface area contributed by atoms with E-state index in [-0.39, 0.29) is 36.0 Å². The van der Waals surface area contributed by atoms with E-state index in [1.54, 1.807) is 28.0 Å². The van der Waals surface area contributed by atoms with E-state index in [0.29, 0.717) is 48.2 Å². The molecule has 2 heterocycles. The molecule has 2 aromatic carbocycles. The van der Waals surface area contributed by atoms with Gasteiger partial charge in [-0.2, -0.15) is 0 Å². The minimum absolute atomic E-state index is 0.00688. The number of carbonyl (C=O) groups excluding carboxylic acids is 3. The fourth-order valence-electron chi connectivity index (χ4n) is 4.29. The molecule has 1 atom stereocenters. The van der Waals surface area contributed by atoms with E-state index in [4.69, 9.17) is 23.2 Å². The smallest absolute Gasteiger partial charge is 0.228 e. The van der Waals surface area contributed by atoms with Crippen molar-refractivity contribution in [3.63, 3.8) is 0 Å². The van der Waals surface area contributed by atoms with Crippen molar-refractivity contribution in [1.82, 2.24) is 4.90 Å². The van der Waals surface area contributed by atoms with Crippen LogP contribution in [0, 0.1) is 18.8 Å². The minimum Gasteiger partial charge on any atom is -0.342 e. The van der Waals surface area contributed by atoms with Crippen molar-refractivity contribution >= 4 is 52.3 Å². The van der Waals surface area contributed by atoms with E-state index in [2.05, 4.69) is 5.32 Å². The average Bonchev–Trinajstić information content (AvgIpc) is 3.17. The number of piperidine rings is 1. The number of hydrogen-bond acceptors (Lipinski definition) is 3. The first kappa shape index (κ1) is 22.6. The van der Waals surface area contributed by atoms with Crippen LogP contribution in [0.5, 0.6) is 0 Å². The van der Waals surface area contributed by atoms with Gasteiger partial charge in [0.25, 0.3) is 0 Å². The molecule has 2 aromatic rings. The summed E-state index contributed by atoms with van der Waals surface area (Å²) < 4.78 is 0. The Morgan fingerprint density at radius 2 is 1.69 bits per heavy atom. The lowest BCUT2D eigenvalue weighted by molar-refractivity contribution is -0.138. The third kappa shape index (κ3) is 4.92. The van der Waals surface area contributed by atoms with Gasteiger partial charge in [-0.05, 0) is 50.1 Å². The number of benzene rings is 2. The fraction of sp³-hybridized carbons (Fsp3) is 0.375. The molecule has 2 saturated heterocycles. The molecule has 0 aromatic heterocycles. The molecule has 2 aliphatic rings. The lowest BCUT2D eigenvalue weighted by Crippen LogP contribution is -2.44. The number of halogens is 2. The van der Waals surface area contributed by atoms with Gasteiger partial charge in [0.2, 0.25) is 17.7 Å². The summed E-state index contributed by atoms with van der Waals surface area (Å²) in [4.78, 5) is 41.7. The number of carbonyl (C=O) groups is 3. The highest BCUT2D eigenvalue weighted by atomic mass is 35.5. The Labute approximate surface area is 197 Å². The van der Waals surface area contributed by atoms with E-state index in [1.165, 1.54) is 0 Å². The molecule has 2 aliphatic heterocycles. The molecule has 168 valence electrons. The van der Waals surface area contributed by atoms with E-state index in [9.17, 15) is 14.4 Å². The number of hydrogen-bond donors (Lipinski definition) is 1. The predicted octanol–water partition coefficient (Wildman–Crippen LogP) is 4.53. The summed E-state index contributed by atoms with van der Waals surface area (Å²) in [5.41, 5.74) is 2.48. The van der Waals surface area contributed by atoms with E-state index >= 15 is 0 Å². The monoisotopic (exact) mass is 473 g/mol. The van der Waals surface area contributed by atoms with E-state index in [0.717, 1.165) is 11.3 Å². The molecule has 0 bridgehead atoms. The van der Waals surface area contributed by atoms with Crippen molar-refractivity contribution in [3.05, 3.63) is 58.1 Å². The standard InChI is InChI=1S/C24H25Cl2N3O3/c1-15-2-5-19(6-3-15)29-14-17(12-22(29)30)24(32)28-10-8-16(9-11-28)23(31)27-21-7-4-18(25)13-20(21)26/h2-7,13,16-17H,8-12,14H2,1H3,(H,27,31). The maximum atomic E-state index is 13.0. The van der Waals surface area contributed by atoms with Crippen molar-refractivity contribution in [2.75, 3.05) is 29.9 Å². The Balaban J connectivity index is 1.31. The molecule has 3 amide bonds. The summed E-state index contributed by atoms with van der Waals surface area (Å²) >= 11 is 12.0. The van der Waals surface area contributed by atoms with Gasteiger partial charge in [0.15, 0.2) is 0 Å². The van der Waals surface area contributed by atoms with Crippen LogP contribution in [0.2, 0.25) is 10.0 Å². The van der Waals surface area contributed by atoms with Gasteiger partial charge in [0.05, 0.1) is 16.6 Å². The fourth-order valence-corrected chi connectivity index (χ4v) is 4.75. The number of nitrogens with zero attached hydrogens (tertiary/aromatic N) is 2. The third-order valence-corrected chi connectivity index (χ3v) is 6.73. The van der Waals surface area contributed by atoms with Gasteiger partial charge in [-0.3, -0.25) is 14.4 Å². The SMILES string of the molecule is Cc1ccc(N2CC(C(=O)N3CCC(C(=O)Nc4ccc(Cl)cc4Cl)CC3)CC2=O)cc1. The van der Waals surface area contributed by atoms with Gasteiger partial charge in [0.1, 0.15) is 0 Å². The molecule has 2 fully saturated rings. The van der Waals surface area contributed by atoms with E-state index in [1.807, 2.05) is 31.2 Å². The van der Waals surface area contributed by atoms with Crippen LogP contribution in [0.15, 0.2) is 42.5 Å². The second kappa shape index (κ2) is 9.51. The molecule has 1 N–H and O–H groups in total. The maximum absolute atomic E-state index is 13.0. The topological polar surface area (TPSA) is 69.7 Å². The number of aryl methyl sites for hydroxylation is 1. The zero-order valence-electron chi connectivity index (χ0n) is 17.8. The van der Waals surface area contributed by atoms with Crippen LogP contribution in [0.25, 0.3) is 0 Å². The molecular formula is C24H25Cl2N3O3. The van der Waals surface area contributed by atoms with Crippen LogP contribution >= 0.6 is 23.2 Å². The molecule has 0 aliphatic carbocycles. The lowest BCUT2D eigenvalue weighted by Gasteiger charge is -2.33. The zero-order chi connectivity index (χ0) is 22.8. The van der Waals surface area contributed by atoms with Crippen LogP contribution in [-0.4, -0.2) is 42.3 Å². The van der Waals surface area contributed by atoms with Crippen LogP contribution in [0.4, 0.5) is 11.4 Å². The van der Waals surface area contributed by atoms with Crippen molar-refractivity contribution in [3.8, 4) is 0 Å². The maximum Gasteiger partial charge on any atom is 0.228 e. The van der Waals surface area contributed by atoms with Crippen LogP contribution in [0.3, 0.4) is 0 Å². The summed E-state index contributed by atoms with van der Waals surface area (Å²) in [6.45, 7) is 3.40. The summed E-state index contributed by atoms with van der Waals surface area (Å²) in [6.07, 6.45) is 1.37. The molecule has 0 radical (unpaired) electrons. The summed E-state index contributed by atoms with van der Waals surface area (Å²) in [6, 6.07) is 12.7. The number of nitrogens with one attached hydrogen (secondary N) is 1. The number of anilines is 2. The molecular weight excluding hydrogens is 449 g/mol. The molecule has 1 unspecified atom stereocenters. The quantitative estimate of drug-likeness (QED) is 0.708. The second-order valence-corrected chi connectivity index (χ2v) is 9.30. The van der Waals surface area contributed by atoms with Gasteiger partial charge in [-0.1, -0.05) is 40.9 Å². The Hall–Kier alpha value is -2.57. The number of rotatable bonds is 4. The molecule has 0 spiro atoms. The van der Waals surface area contributed by atoms with E-state index < -0.39 is 0 Å². The molecule has 4 rings (SSSR count). The van der Waals surface area contributed by atoms with Crippen LogP contribution in [0.1, 0.15) is 24.8 Å². The normalized spacial score (nSPS) is 19.3. The Morgan fingerprint density at radius 1 is 1.00 bits per heavy atom. The largest absolute Gasteiger partial charge is 0.342 e. The van der Waals surface area contributed by atoms with Gasteiger partial charge in [0, 0.05) is 42.7 Å². The predicted molar refractivity (Wildman–Crippen MR) is 126 cm³/mol. The van der Waals surface area contributed by atoms with Crippen molar-refractivity contribution < 1.29 is 14.4 Å². The molecule has 6 nitrogen and oxygen atoms in total. The van der Waals surface area contributed by atoms with Crippen LogP contribution < -0.4 is 10.2 Å². The number of amides is 3. The first-order valence-electron chi connectivity index (χ1n) is 10.7. The van der Waals surface area contributed by atoms with Crippen molar-refractivity contribution in [2.24, 2.45) is 11.8 Å². The molecule has 32 heavy (non-hydrogen) atoms. The minimum atomic E-state index is -0.345. The van der Waals surface area contributed by atoms with Crippen molar-refractivity contribution in [1.29, 1.82) is 0 Å². The number of likely N-dealkylation sites (tertiary alicyclic amines) is 1. The third-order valence-electron chi connectivity index (χ3n) is 6.19. The summed E-state index contributed by atoms with van der Waals surface area (Å²) in [5, 5.41) is 3.75. The van der Waals surface area contributed by atoms with Gasteiger partial charge in [-0.25, -0.2) is 0 Å². The Bertz CT molecular complexity index is 1030. The van der Waals surface area contributed by atoms with Gasteiger partial charge in [-0.15, -0.1) is 0 Å². The zero-order valence-corrected chi connectivity index (χ0v) is 19.3. The lowest BCUT2D eigenvalue weighted by atomic mass is 9.94. The first-order chi connectivity index (χ1) is 15.3.